The number of hydrogen-bond acceptors (Lipinski definition) is 3. The Balaban J connectivity index is 1.45. The molecule has 148 valence electrons. The van der Waals surface area contributed by atoms with Crippen LogP contribution in [0.2, 0.25) is 5.02 Å². The minimum absolute atomic E-state index is 0.0659. The van der Waals surface area contributed by atoms with Gasteiger partial charge in [0.1, 0.15) is 5.82 Å². The monoisotopic (exact) mass is 413 g/mol. The Morgan fingerprint density at radius 2 is 1.62 bits per heavy atom. The molecule has 1 aliphatic heterocycles. The second-order valence-electron chi connectivity index (χ2n) is 6.79. The number of nitrogens with one attached hydrogen (secondary N) is 1. The number of rotatable bonds is 3. The van der Waals surface area contributed by atoms with E-state index in [4.69, 9.17) is 11.6 Å². The molecule has 1 fully saturated rings. The van der Waals surface area contributed by atoms with Crippen LogP contribution in [0.1, 0.15) is 20.7 Å². The number of Topliss-reactive ketones (excluding diaryl/α,β-unsaturated/α-hetero) is 1. The van der Waals surface area contributed by atoms with E-state index in [1.807, 2.05) is 6.07 Å². The number of amides is 2. The zero-order valence-electron chi connectivity index (χ0n) is 15.3. The second-order valence-corrected chi connectivity index (χ2v) is 7.20. The number of hydrogen-bond donors (Lipinski definition) is 1. The van der Waals surface area contributed by atoms with Crippen LogP contribution in [0, 0.1) is 5.82 Å². The fraction of sp³-hybridized carbons (Fsp3) is 0.190. The van der Waals surface area contributed by atoms with Crippen LogP contribution in [0.25, 0.3) is 10.9 Å². The number of carbonyl (C=O) groups excluding carboxylic acids is 3. The summed E-state index contributed by atoms with van der Waals surface area (Å²) in [5, 5.41) is 0.243. The molecule has 1 saturated heterocycles. The van der Waals surface area contributed by atoms with Crippen LogP contribution >= 0.6 is 11.6 Å². The van der Waals surface area contributed by atoms with Gasteiger partial charge >= 0.3 is 0 Å². The fourth-order valence-electron chi connectivity index (χ4n) is 3.44. The van der Waals surface area contributed by atoms with E-state index in [2.05, 4.69) is 4.98 Å². The molecule has 2 heterocycles. The molecular weight excluding hydrogens is 397 g/mol. The molecular formula is C21H17ClFN3O3. The van der Waals surface area contributed by atoms with Crippen molar-refractivity contribution >= 4 is 40.1 Å². The summed E-state index contributed by atoms with van der Waals surface area (Å²) in [6.07, 6.45) is 1.38. The van der Waals surface area contributed by atoms with Gasteiger partial charge in [0.2, 0.25) is 0 Å². The minimum Gasteiger partial charge on any atom is -0.360 e. The maximum atomic E-state index is 13.8. The van der Waals surface area contributed by atoms with Crippen LogP contribution in [0.15, 0.2) is 48.7 Å². The molecule has 0 radical (unpaired) electrons. The number of aromatic amines is 1. The van der Waals surface area contributed by atoms with Crippen molar-refractivity contribution < 1.29 is 18.8 Å². The third-order valence-corrected chi connectivity index (χ3v) is 5.33. The summed E-state index contributed by atoms with van der Waals surface area (Å²) in [7, 11) is 0. The largest absolute Gasteiger partial charge is 0.360 e. The first-order valence-electron chi connectivity index (χ1n) is 9.10. The van der Waals surface area contributed by atoms with Crippen molar-refractivity contribution in [2.45, 2.75) is 0 Å². The predicted molar refractivity (Wildman–Crippen MR) is 107 cm³/mol. The lowest BCUT2D eigenvalue weighted by atomic mass is 10.1. The van der Waals surface area contributed by atoms with E-state index in [9.17, 15) is 18.8 Å². The summed E-state index contributed by atoms with van der Waals surface area (Å²) in [6.45, 7) is 1.19. The molecule has 8 heteroatoms. The summed E-state index contributed by atoms with van der Waals surface area (Å²) >= 11 is 5.76. The van der Waals surface area contributed by atoms with Gasteiger partial charge in [-0.15, -0.1) is 0 Å². The van der Waals surface area contributed by atoms with Crippen LogP contribution in [0.4, 0.5) is 4.39 Å². The zero-order chi connectivity index (χ0) is 20.5. The van der Waals surface area contributed by atoms with E-state index in [-0.39, 0.29) is 29.6 Å². The Morgan fingerprint density at radius 1 is 0.966 bits per heavy atom. The molecule has 2 amide bonds. The molecule has 0 saturated carbocycles. The highest BCUT2D eigenvalue weighted by molar-refractivity contribution is 6.45. The number of benzene rings is 2. The third-order valence-electron chi connectivity index (χ3n) is 5.04. The van der Waals surface area contributed by atoms with Crippen molar-refractivity contribution in [1.29, 1.82) is 0 Å². The topological polar surface area (TPSA) is 73.5 Å². The van der Waals surface area contributed by atoms with Gasteiger partial charge in [-0.3, -0.25) is 14.4 Å². The zero-order valence-corrected chi connectivity index (χ0v) is 16.1. The lowest BCUT2D eigenvalue weighted by molar-refractivity contribution is -0.127. The molecule has 6 nitrogen and oxygen atoms in total. The average Bonchev–Trinajstić information content (AvgIpc) is 3.15. The summed E-state index contributed by atoms with van der Waals surface area (Å²) in [5.74, 6) is -2.16. The number of carbonyl (C=O) groups is 3. The number of fused-ring (bicyclic) bond motifs is 1. The first-order chi connectivity index (χ1) is 14.0. The van der Waals surface area contributed by atoms with Crippen molar-refractivity contribution in [3.63, 3.8) is 0 Å². The van der Waals surface area contributed by atoms with Crippen molar-refractivity contribution in [2.24, 2.45) is 0 Å². The molecule has 1 aromatic heterocycles. The summed E-state index contributed by atoms with van der Waals surface area (Å²) in [5.41, 5.74) is 1.16. The second kappa shape index (κ2) is 7.67. The Hall–Kier alpha value is -3.19. The molecule has 2 aromatic carbocycles. The number of ketones is 1. The molecule has 0 spiro atoms. The van der Waals surface area contributed by atoms with Crippen LogP contribution in [-0.2, 0) is 4.79 Å². The molecule has 0 atom stereocenters. The summed E-state index contributed by atoms with van der Waals surface area (Å²) in [4.78, 5) is 43.8. The lowest BCUT2D eigenvalue weighted by Crippen LogP contribution is -2.52. The smallest absolute Gasteiger partial charge is 0.295 e. The van der Waals surface area contributed by atoms with E-state index < -0.39 is 17.5 Å². The summed E-state index contributed by atoms with van der Waals surface area (Å²) in [6, 6.07) is 11.4. The van der Waals surface area contributed by atoms with E-state index in [1.165, 1.54) is 17.2 Å². The van der Waals surface area contributed by atoms with E-state index in [0.29, 0.717) is 29.6 Å². The first-order valence-corrected chi connectivity index (χ1v) is 9.47. The number of aromatic nitrogens is 1. The quantitative estimate of drug-likeness (QED) is 0.529. The van der Waals surface area contributed by atoms with E-state index in [0.717, 1.165) is 6.07 Å². The Labute approximate surface area is 170 Å². The molecule has 0 bridgehead atoms. The normalized spacial score (nSPS) is 14.3. The van der Waals surface area contributed by atoms with E-state index in [1.54, 1.807) is 29.2 Å². The van der Waals surface area contributed by atoms with Gasteiger partial charge in [0.05, 0.1) is 10.6 Å². The molecule has 3 aromatic rings. The van der Waals surface area contributed by atoms with Crippen molar-refractivity contribution in [2.75, 3.05) is 26.2 Å². The van der Waals surface area contributed by atoms with Gasteiger partial charge in [-0.25, -0.2) is 4.39 Å². The molecule has 1 aliphatic rings. The van der Waals surface area contributed by atoms with Crippen LogP contribution in [0.5, 0.6) is 0 Å². The molecule has 29 heavy (non-hydrogen) atoms. The predicted octanol–water partition coefficient (Wildman–Crippen LogP) is 3.13. The summed E-state index contributed by atoms with van der Waals surface area (Å²) < 4.78 is 13.8. The fourth-order valence-corrected chi connectivity index (χ4v) is 3.60. The van der Waals surface area contributed by atoms with Gasteiger partial charge in [-0.2, -0.15) is 0 Å². The lowest BCUT2D eigenvalue weighted by Gasteiger charge is -2.34. The Bertz CT molecular complexity index is 1110. The van der Waals surface area contributed by atoms with Gasteiger partial charge < -0.3 is 14.8 Å². The standard InChI is InChI=1S/C21H17ClFN3O3/c22-16-11-18-14(10-17(16)23)15(12-24-18)19(27)21(29)26-8-6-25(7-9-26)20(28)13-4-2-1-3-5-13/h1-5,10-12,24H,6-9H2. The van der Waals surface area contributed by atoms with Crippen molar-refractivity contribution in [3.05, 3.63) is 70.6 Å². The number of halogens is 2. The molecule has 4 rings (SSSR count). The molecule has 1 N–H and O–H groups in total. The third kappa shape index (κ3) is 3.61. The minimum atomic E-state index is -0.721. The SMILES string of the molecule is O=C(C(=O)N1CCN(C(=O)c2ccccc2)CC1)c1c[nH]c2cc(Cl)c(F)cc12. The van der Waals surface area contributed by atoms with Gasteiger partial charge in [0, 0.05) is 48.8 Å². The van der Waals surface area contributed by atoms with Gasteiger partial charge in [-0.05, 0) is 24.3 Å². The Morgan fingerprint density at radius 3 is 2.31 bits per heavy atom. The van der Waals surface area contributed by atoms with Gasteiger partial charge in [-0.1, -0.05) is 29.8 Å². The van der Waals surface area contributed by atoms with Crippen LogP contribution < -0.4 is 0 Å². The maximum absolute atomic E-state index is 13.8. The highest BCUT2D eigenvalue weighted by Crippen LogP contribution is 2.26. The van der Waals surface area contributed by atoms with Crippen LogP contribution in [0.3, 0.4) is 0 Å². The Kier molecular flexibility index (Phi) is 5.07. The van der Waals surface area contributed by atoms with Gasteiger partial charge in [0.25, 0.3) is 17.6 Å². The van der Waals surface area contributed by atoms with Crippen molar-refractivity contribution in [1.82, 2.24) is 14.8 Å². The van der Waals surface area contributed by atoms with E-state index >= 15 is 0 Å². The first kappa shape index (κ1) is 19.1. The highest BCUT2D eigenvalue weighted by Gasteiger charge is 2.30. The average molecular weight is 414 g/mol. The highest BCUT2D eigenvalue weighted by atomic mass is 35.5. The number of H-pyrrole nitrogens is 1. The molecule has 0 unspecified atom stereocenters. The maximum Gasteiger partial charge on any atom is 0.295 e. The number of piperazine rings is 1. The van der Waals surface area contributed by atoms with Gasteiger partial charge in [0.15, 0.2) is 0 Å². The number of nitrogens with zero attached hydrogens (tertiary/aromatic N) is 2. The van der Waals surface area contributed by atoms with Crippen molar-refractivity contribution in [3.8, 4) is 0 Å². The van der Waals surface area contributed by atoms with Crippen LogP contribution in [-0.4, -0.2) is 58.6 Å². The molecule has 0 aliphatic carbocycles.